The monoisotopic (exact) mass is 460 g/mol. The van der Waals surface area contributed by atoms with Gasteiger partial charge in [-0.3, -0.25) is 0 Å². The predicted molar refractivity (Wildman–Crippen MR) is 139 cm³/mol. The Bertz CT molecular complexity index is 1000. The Hall–Kier alpha value is -3.18. The molecule has 1 heterocycles. The van der Waals surface area contributed by atoms with Crippen molar-refractivity contribution in [3.8, 4) is 11.5 Å². The first-order valence-corrected chi connectivity index (χ1v) is 12.3. The molecule has 0 saturated heterocycles. The van der Waals surface area contributed by atoms with Crippen LogP contribution in [-0.2, 0) is 17.7 Å². The number of ether oxygens (including phenoxy) is 3. The van der Waals surface area contributed by atoms with Crippen LogP contribution < -0.4 is 19.7 Å². The SMILES string of the molecule is CCOC(C)Cc1ccc(NCc2ccc(OCCCN3CCOc4ccccc43)cc2)cc1. The normalized spacial score (nSPS) is 13.6. The number of nitrogens with one attached hydrogen (secondary N) is 1. The van der Waals surface area contributed by atoms with Crippen LogP contribution in [0.3, 0.4) is 0 Å². The molecule has 5 heteroatoms. The lowest BCUT2D eigenvalue weighted by Gasteiger charge is -2.31. The van der Waals surface area contributed by atoms with Crippen LogP contribution in [0, 0.1) is 0 Å². The van der Waals surface area contributed by atoms with Crippen molar-refractivity contribution < 1.29 is 14.2 Å². The van der Waals surface area contributed by atoms with Gasteiger partial charge in [-0.25, -0.2) is 0 Å². The summed E-state index contributed by atoms with van der Waals surface area (Å²) < 4.78 is 17.3. The second-order valence-electron chi connectivity index (χ2n) is 8.67. The largest absolute Gasteiger partial charge is 0.494 e. The maximum absolute atomic E-state index is 5.98. The Morgan fingerprint density at radius 3 is 2.53 bits per heavy atom. The molecule has 0 saturated carbocycles. The Balaban J connectivity index is 1.17. The highest BCUT2D eigenvalue weighted by Gasteiger charge is 2.16. The van der Waals surface area contributed by atoms with Crippen LogP contribution in [0.25, 0.3) is 0 Å². The molecule has 3 aromatic rings. The summed E-state index contributed by atoms with van der Waals surface area (Å²) in [6.45, 7) is 9.02. The number of benzene rings is 3. The molecule has 0 aromatic heterocycles. The van der Waals surface area contributed by atoms with Gasteiger partial charge in [0.2, 0.25) is 0 Å². The van der Waals surface area contributed by atoms with Gasteiger partial charge in [0.25, 0.3) is 0 Å². The number of hydrogen-bond donors (Lipinski definition) is 1. The van der Waals surface area contributed by atoms with Gasteiger partial charge in [-0.15, -0.1) is 0 Å². The molecule has 0 amide bonds. The molecular weight excluding hydrogens is 424 g/mol. The predicted octanol–water partition coefficient (Wildman–Crippen LogP) is 5.93. The fourth-order valence-electron chi connectivity index (χ4n) is 4.25. The topological polar surface area (TPSA) is 43.0 Å². The van der Waals surface area contributed by atoms with Crippen LogP contribution in [0.1, 0.15) is 31.4 Å². The van der Waals surface area contributed by atoms with Gasteiger partial charge in [-0.2, -0.15) is 0 Å². The quantitative estimate of drug-likeness (QED) is 0.339. The van der Waals surface area contributed by atoms with Crippen molar-refractivity contribution in [1.29, 1.82) is 0 Å². The molecule has 0 spiro atoms. The third-order valence-electron chi connectivity index (χ3n) is 6.01. The third kappa shape index (κ3) is 6.91. The highest BCUT2D eigenvalue weighted by molar-refractivity contribution is 5.59. The minimum atomic E-state index is 0.251. The molecule has 1 N–H and O–H groups in total. The molecule has 3 aromatic carbocycles. The molecule has 0 aliphatic carbocycles. The van der Waals surface area contributed by atoms with E-state index in [2.05, 4.69) is 77.8 Å². The number of hydrogen-bond acceptors (Lipinski definition) is 5. The van der Waals surface area contributed by atoms with E-state index in [0.29, 0.717) is 6.61 Å². The molecule has 0 fully saturated rings. The Morgan fingerprint density at radius 2 is 1.74 bits per heavy atom. The number of anilines is 2. The third-order valence-corrected chi connectivity index (χ3v) is 6.01. The first-order valence-electron chi connectivity index (χ1n) is 12.3. The van der Waals surface area contributed by atoms with E-state index in [1.54, 1.807) is 0 Å². The molecule has 34 heavy (non-hydrogen) atoms. The number of fused-ring (bicyclic) bond motifs is 1. The van der Waals surface area contributed by atoms with Crippen LogP contribution in [0.2, 0.25) is 0 Å². The highest BCUT2D eigenvalue weighted by Crippen LogP contribution is 2.30. The average molecular weight is 461 g/mol. The van der Waals surface area contributed by atoms with Gasteiger partial charge in [0.1, 0.15) is 18.1 Å². The van der Waals surface area contributed by atoms with Gasteiger partial charge in [-0.05, 0) is 74.2 Å². The van der Waals surface area contributed by atoms with Crippen LogP contribution in [0.4, 0.5) is 11.4 Å². The summed E-state index contributed by atoms with van der Waals surface area (Å²) in [4.78, 5) is 2.38. The van der Waals surface area contributed by atoms with E-state index in [4.69, 9.17) is 14.2 Å². The van der Waals surface area contributed by atoms with E-state index in [1.165, 1.54) is 16.8 Å². The fraction of sp³-hybridized carbons (Fsp3) is 0.379. The second-order valence-corrected chi connectivity index (χ2v) is 8.67. The van der Waals surface area contributed by atoms with Crippen LogP contribution >= 0.6 is 0 Å². The summed E-state index contributed by atoms with van der Waals surface area (Å²) in [5.41, 5.74) is 4.83. The first kappa shape index (κ1) is 24.0. The lowest BCUT2D eigenvalue weighted by molar-refractivity contribution is 0.0768. The van der Waals surface area contributed by atoms with E-state index in [1.807, 2.05) is 19.1 Å². The van der Waals surface area contributed by atoms with E-state index >= 15 is 0 Å². The van der Waals surface area contributed by atoms with E-state index in [-0.39, 0.29) is 6.10 Å². The number of rotatable bonds is 12. The van der Waals surface area contributed by atoms with Gasteiger partial charge >= 0.3 is 0 Å². The van der Waals surface area contributed by atoms with Crippen LogP contribution in [0.5, 0.6) is 11.5 Å². The van der Waals surface area contributed by atoms with E-state index in [9.17, 15) is 0 Å². The van der Waals surface area contributed by atoms with Gasteiger partial charge in [-0.1, -0.05) is 36.4 Å². The second kappa shape index (κ2) is 12.3. The molecule has 1 unspecified atom stereocenters. The maximum atomic E-state index is 5.98. The van der Waals surface area contributed by atoms with Gasteiger partial charge in [0.15, 0.2) is 0 Å². The first-order chi connectivity index (χ1) is 16.7. The number of para-hydroxylation sites is 2. The van der Waals surface area contributed by atoms with Crippen molar-refractivity contribution in [2.75, 3.05) is 43.1 Å². The van der Waals surface area contributed by atoms with Crippen molar-refractivity contribution in [2.45, 2.75) is 39.3 Å². The molecule has 0 bridgehead atoms. The van der Waals surface area contributed by atoms with Crippen molar-refractivity contribution in [1.82, 2.24) is 0 Å². The standard InChI is InChI=1S/C29H36N2O3/c1-3-32-23(2)21-24-9-13-26(14-10-24)30-22-25-11-15-27(16-12-25)33-19-6-17-31-18-20-34-29-8-5-4-7-28(29)31/h4-5,7-16,23,30H,3,6,17-22H2,1-2H3. The molecule has 0 radical (unpaired) electrons. The summed E-state index contributed by atoms with van der Waals surface area (Å²) in [6.07, 6.45) is 2.16. The Morgan fingerprint density at radius 1 is 0.971 bits per heavy atom. The highest BCUT2D eigenvalue weighted by atomic mass is 16.5. The average Bonchev–Trinajstić information content (AvgIpc) is 2.87. The number of nitrogens with zero attached hydrogens (tertiary/aromatic N) is 1. The molecule has 4 rings (SSSR count). The Kier molecular flexibility index (Phi) is 8.69. The summed E-state index contributed by atoms with van der Waals surface area (Å²) in [5.74, 6) is 1.89. The zero-order chi connectivity index (χ0) is 23.6. The van der Waals surface area contributed by atoms with Crippen molar-refractivity contribution in [3.63, 3.8) is 0 Å². The maximum Gasteiger partial charge on any atom is 0.142 e. The summed E-state index contributed by atoms with van der Waals surface area (Å²) >= 11 is 0. The Labute approximate surface area is 203 Å². The molecule has 180 valence electrons. The van der Waals surface area contributed by atoms with Gasteiger partial charge in [0.05, 0.1) is 24.9 Å². The molecule has 1 aliphatic heterocycles. The van der Waals surface area contributed by atoms with Crippen molar-refractivity contribution >= 4 is 11.4 Å². The van der Waals surface area contributed by atoms with Crippen molar-refractivity contribution in [3.05, 3.63) is 83.9 Å². The lowest BCUT2D eigenvalue weighted by Crippen LogP contribution is -2.34. The summed E-state index contributed by atoms with van der Waals surface area (Å²) in [5, 5.41) is 3.50. The minimum absolute atomic E-state index is 0.251. The van der Waals surface area contributed by atoms with Crippen LogP contribution in [0.15, 0.2) is 72.8 Å². The van der Waals surface area contributed by atoms with E-state index < -0.39 is 0 Å². The van der Waals surface area contributed by atoms with Crippen molar-refractivity contribution in [2.24, 2.45) is 0 Å². The van der Waals surface area contributed by atoms with E-state index in [0.717, 1.165) is 62.9 Å². The lowest BCUT2D eigenvalue weighted by atomic mass is 10.1. The zero-order valence-corrected chi connectivity index (χ0v) is 20.3. The zero-order valence-electron chi connectivity index (χ0n) is 20.3. The van der Waals surface area contributed by atoms with Gasteiger partial charge in [0, 0.05) is 25.4 Å². The molecular formula is C29H36N2O3. The molecule has 5 nitrogen and oxygen atoms in total. The molecule has 1 aliphatic rings. The molecule has 1 atom stereocenters. The minimum Gasteiger partial charge on any atom is -0.494 e. The van der Waals surface area contributed by atoms with Crippen LogP contribution in [-0.4, -0.2) is 39.0 Å². The van der Waals surface area contributed by atoms with Gasteiger partial charge < -0.3 is 24.4 Å². The summed E-state index contributed by atoms with van der Waals surface area (Å²) in [7, 11) is 0. The smallest absolute Gasteiger partial charge is 0.142 e. The fourth-order valence-corrected chi connectivity index (χ4v) is 4.25. The summed E-state index contributed by atoms with van der Waals surface area (Å²) in [6, 6.07) is 25.2.